The number of oxime groups is 1. The second-order valence-corrected chi connectivity index (χ2v) is 8.44. The van der Waals surface area contributed by atoms with Crippen LogP contribution < -0.4 is 4.74 Å². The molecule has 6 heteroatoms. The van der Waals surface area contributed by atoms with Crippen molar-refractivity contribution in [1.29, 1.82) is 0 Å². The minimum absolute atomic E-state index is 0.0374. The van der Waals surface area contributed by atoms with E-state index in [1.165, 1.54) is 0 Å². The highest BCUT2D eigenvalue weighted by atomic mass is 16.7. The number of hydrogen-bond donors (Lipinski definition) is 0. The number of fused-ring (bicyclic) bond motifs is 5. The Hall–Kier alpha value is -3.93. The molecule has 33 heavy (non-hydrogen) atoms. The maximum absolute atomic E-state index is 13.3. The van der Waals surface area contributed by atoms with Crippen molar-refractivity contribution >= 4 is 39.3 Å². The number of rotatable bonds is 5. The minimum Gasteiger partial charge on any atom is -0.432 e. The van der Waals surface area contributed by atoms with E-state index >= 15 is 0 Å². The summed E-state index contributed by atoms with van der Waals surface area (Å²) in [6.07, 6.45) is -0.172. The first-order valence-electron chi connectivity index (χ1n) is 11.1. The summed E-state index contributed by atoms with van der Waals surface area (Å²) in [7, 11) is 0. The Morgan fingerprint density at radius 3 is 2.58 bits per heavy atom. The number of aryl methyl sites for hydroxylation is 2. The third-order valence-electron chi connectivity index (χ3n) is 5.94. The van der Waals surface area contributed by atoms with Crippen LogP contribution in [0.4, 0.5) is 0 Å². The molecule has 6 nitrogen and oxygen atoms in total. The van der Waals surface area contributed by atoms with Crippen LogP contribution in [0.25, 0.3) is 21.8 Å². The summed E-state index contributed by atoms with van der Waals surface area (Å²) in [6, 6.07) is 17.0. The molecule has 4 aromatic rings. The van der Waals surface area contributed by atoms with Gasteiger partial charge in [-0.3, -0.25) is 9.59 Å². The molecule has 0 radical (unpaired) electrons. The number of ether oxygens (including phenoxy) is 1. The fourth-order valence-electron chi connectivity index (χ4n) is 4.38. The number of Topliss-reactive ketones (excluding diaryl/α,β-unsaturated/α-hetero) is 1. The number of carbonyl (C=O) groups excluding carboxylic acids is 2. The van der Waals surface area contributed by atoms with Gasteiger partial charge in [0, 0.05) is 28.6 Å². The van der Waals surface area contributed by atoms with Crippen molar-refractivity contribution in [2.24, 2.45) is 5.16 Å². The van der Waals surface area contributed by atoms with Crippen molar-refractivity contribution in [2.45, 2.75) is 40.3 Å². The summed E-state index contributed by atoms with van der Waals surface area (Å²) in [6.45, 7) is 8.39. The van der Waals surface area contributed by atoms with Crippen LogP contribution in [0, 0.1) is 6.92 Å². The molecule has 0 atom stereocenters. The molecule has 2 heterocycles. The standard InChI is InChI=1S/C27H24N2O4/c1-5-29-21-12-10-17(24(30)18-9-7-6-8-16(18)4)14-20(21)23-22(29)13-11-19-25(31)27(32-26(19)23)28-33-15(2)3/h6-15H,5H2,1-4H3/b28-27+. The molecule has 0 spiro atoms. The van der Waals surface area contributed by atoms with Gasteiger partial charge < -0.3 is 14.1 Å². The number of carbonyl (C=O) groups is 2. The number of benzene rings is 3. The molecular formula is C27H24N2O4. The topological polar surface area (TPSA) is 69.9 Å². The number of hydrogen-bond acceptors (Lipinski definition) is 5. The van der Waals surface area contributed by atoms with Gasteiger partial charge in [0.25, 0.3) is 5.78 Å². The van der Waals surface area contributed by atoms with E-state index in [-0.39, 0.29) is 23.6 Å². The van der Waals surface area contributed by atoms with Crippen LogP contribution in [-0.4, -0.2) is 28.1 Å². The smallest absolute Gasteiger partial charge is 0.304 e. The van der Waals surface area contributed by atoms with E-state index in [0.717, 1.165) is 33.9 Å². The van der Waals surface area contributed by atoms with Gasteiger partial charge in [0.15, 0.2) is 11.5 Å². The molecule has 166 valence electrons. The van der Waals surface area contributed by atoms with E-state index < -0.39 is 0 Å². The van der Waals surface area contributed by atoms with Crippen molar-refractivity contribution in [1.82, 2.24) is 4.57 Å². The van der Waals surface area contributed by atoms with Gasteiger partial charge in [0.05, 0.1) is 16.5 Å². The lowest BCUT2D eigenvalue weighted by molar-refractivity contribution is 0.0796. The van der Waals surface area contributed by atoms with E-state index in [4.69, 9.17) is 9.57 Å². The summed E-state index contributed by atoms with van der Waals surface area (Å²) in [5, 5.41) is 5.57. The van der Waals surface area contributed by atoms with E-state index in [2.05, 4.69) is 16.6 Å². The maximum Gasteiger partial charge on any atom is 0.304 e. The Morgan fingerprint density at radius 2 is 1.85 bits per heavy atom. The monoisotopic (exact) mass is 440 g/mol. The van der Waals surface area contributed by atoms with Crippen molar-refractivity contribution in [3.05, 3.63) is 76.9 Å². The van der Waals surface area contributed by atoms with Gasteiger partial charge >= 0.3 is 5.90 Å². The average Bonchev–Trinajstić information content (AvgIpc) is 3.31. The molecule has 5 rings (SSSR count). The molecule has 0 N–H and O–H groups in total. The Kier molecular flexibility index (Phi) is 5.01. The number of aromatic nitrogens is 1. The van der Waals surface area contributed by atoms with E-state index in [0.29, 0.717) is 22.4 Å². The predicted octanol–water partition coefficient (Wildman–Crippen LogP) is 5.67. The molecule has 3 aromatic carbocycles. The largest absolute Gasteiger partial charge is 0.432 e. The number of ketones is 2. The zero-order chi connectivity index (χ0) is 23.3. The quantitative estimate of drug-likeness (QED) is 0.296. The van der Waals surface area contributed by atoms with Crippen LogP contribution in [0.15, 0.2) is 59.8 Å². The summed E-state index contributed by atoms with van der Waals surface area (Å²) < 4.78 is 8.08. The van der Waals surface area contributed by atoms with Gasteiger partial charge in [0.1, 0.15) is 6.10 Å². The third-order valence-corrected chi connectivity index (χ3v) is 5.94. The highest BCUT2D eigenvalue weighted by Gasteiger charge is 2.33. The zero-order valence-electron chi connectivity index (χ0n) is 19.0. The minimum atomic E-state index is -0.308. The maximum atomic E-state index is 13.3. The third kappa shape index (κ3) is 3.30. The van der Waals surface area contributed by atoms with Crippen LogP contribution in [-0.2, 0) is 11.4 Å². The molecule has 0 amide bonds. The second-order valence-electron chi connectivity index (χ2n) is 8.44. The lowest BCUT2D eigenvalue weighted by Crippen LogP contribution is -2.14. The van der Waals surface area contributed by atoms with Gasteiger partial charge in [0.2, 0.25) is 0 Å². The normalized spacial score (nSPS) is 14.3. The molecule has 0 aliphatic carbocycles. The fourth-order valence-corrected chi connectivity index (χ4v) is 4.38. The second kappa shape index (κ2) is 7.89. The summed E-state index contributed by atoms with van der Waals surface area (Å²) in [5.74, 6) is 0.0404. The van der Waals surface area contributed by atoms with Crippen LogP contribution in [0.3, 0.4) is 0 Å². The van der Waals surface area contributed by atoms with Gasteiger partial charge in [-0.2, -0.15) is 0 Å². The Labute approximate surface area is 191 Å². The SMILES string of the molecule is CCn1c2ccc(C(=O)c3ccccc3C)cc2c2c3c(ccc21)C(=O)/C(=N\OC(C)C)O3. The highest BCUT2D eigenvalue weighted by molar-refractivity contribution is 6.47. The van der Waals surface area contributed by atoms with Crippen molar-refractivity contribution in [2.75, 3.05) is 0 Å². The molecule has 1 aliphatic rings. The molecule has 0 saturated carbocycles. The van der Waals surface area contributed by atoms with Gasteiger partial charge in [-0.25, -0.2) is 0 Å². The predicted molar refractivity (Wildman–Crippen MR) is 128 cm³/mol. The fraction of sp³-hybridized carbons (Fsp3) is 0.222. The van der Waals surface area contributed by atoms with E-state index in [9.17, 15) is 9.59 Å². The lowest BCUT2D eigenvalue weighted by Gasteiger charge is -2.06. The summed E-state index contributed by atoms with van der Waals surface area (Å²) >= 11 is 0. The van der Waals surface area contributed by atoms with Gasteiger partial charge in [-0.05, 0) is 68.7 Å². The Bertz CT molecular complexity index is 1480. The van der Waals surface area contributed by atoms with E-state index in [1.54, 1.807) is 6.07 Å². The summed E-state index contributed by atoms with van der Waals surface area (Å²) in [4.78, 5) is 31.4. The lowest BCUT2D eigenvalue weighted by atomic mass is 9.97. The van der Waals surface area contributed by atoms with Gasteiger partial charge in [-0.15, -0.1) is 0 Å². The molecule has 1 aliphatic heterocycles. The van der Waals surface area contributed by atoms with E-state index in [1.807, 2.05) is 69.3 Å². The van der Waals surface area contributed by atoms with Gasteiger partial charge in [-0.1, -0.05) is 24.3 Å². The average molecular weight is 440 g/mol. The molecular weight excluding hydrogens is 416 g/mol. The molecule has 1 aromatic heterocycles. The van der Waals surface area contributed by atoms with Crippen molar-refractivity contribution < 1.29 is 19.2 Å². The van der Waals surface area contributed by atoms with Crippen molar-refractivity contribution in [3.63, 3.8) is 0 Å². The molecule has 0 bridgehead atoms. The van der Waals surface area contributed by atoms with Crippen molar-refractivity contribution in [3.8, 4) is 5.75 Å². The Morgan fingerprint density at radius 1 is 1.09 bits per heavy atom. The molecule has 0 saturated heterocycles. The first-order valence-corrected chi connectivity index (χ1v) is 11.1. The highest BCUT2D eigenvalue weighted by Crippen LogP contribution is 2.41. The molecule has 0 unspecified atom stereocenters. The van der Waals surface area contributed by atoms with Crippen LogP contribution in [0.2, 0.25) is 0 Å². The first-order chi connectivity index (χ1) is 15.9. The molecule has 0 fully saturated rings. The first kappa shape index (κ1) is 20.9. The zero-order valence-corrected chi connectivity index (χ0v) is 19.0. The Balaban J connectivity index is 1.72. The number of nitrogens with zero attached hydrogens (tertiary/aromatic N) is 2. The van der Waals surface area contributed by atoms with Crippen LogP contribution >= 0.6 is 0 Å². The van der Waals surface area contributed by atoms with Crippen LogP contribution in [0.1, 0.15) is 52.6 Å². The van der Waals surface area contributed by atoms with Crippen LogP contribution in [0.5, 0.6) is 5.75 Å². The summed E-state index contributed by atoms with van der Waals surface area (Å²) in [5.41, 5.74) is 4.55.